The van der Waals surface area contributed by atoms with Gasteiger partial charge in [0.2, 0.25) is 5.88 Å². The smallest absolute Gasteiger partial charge is 0.416 e. The third-order valence-electron chi connectivity index (χ3n) is 4.92. The molecule has 5 nitrogen and oxygen atoms in total. The Balaban J connectivity index is 1.50. The van der Waals surface area contributed by atoms with Gasteiger partial charge in [-0.3, -0.25) is 4.90 Å². The molecule has 0 atom stereocenters. The fourth-order valence-corrected chi connectivity index (χ4v) is 3.43. The van der Waals surface area contributed by atoms with E-state index in [4.69, 9.17) is 4.74 Å². The molecular formula is C21H19F3N4O. The van der Waals surface area contributed by atoms with Crippen LogP contribution in [0, 0.1) is 0 Å². The second-order valence-corrected chi connectivity index (χ2v) is 6.87. The zero-order valence-corrected chi connectivity index (χ0v) is 15.8. The van der Waals surface area contributed by atoms with Crippen LogP contribution < -0.4 is 4.74 Å². The Hall–Kier alpha value is -3.00. The van der Waals surface area contributed by atoms with Gasteiger partial charge in [-0.2, -0.15) is 13.2 Å². The van der Waals surface area contributed by atoms with E-state index in [0.717, 1.165) is 41.9 Å². The predicted octanol–water partition coefficient (Wildman–Crippen LogP) is 4.12. The number of aromatic nitrogens is 3. The Morgan fingerprint density at radius 3 is 2.62 bits per heavy atom. The first-order chi connectivity index (χ1) is 13.9. The summed E-state index contributed by atoms with van der Waals surface area (Å²) in [4.78, 5) is 15.5. The SMILES string of the molecule is COc1ncccc1CN1CCc2nc(-c3ccc(C(F)(F)F)cc3)ncc2C1. The molecule has 0 radical (unpaired) electrons. The summed E-state index contributed by atoms with van der Waals surface area (Å²) < 4.78 is 43.5. The molecule has 29 heavy (non-hydrogen) atoms. The highest BCUT2D eigenvalue weighted by atomic mass is 19.4. The lowest BCUT2D eigenvalue weighted by molar-refractivity contribution is -0.137. The van der Waals surface area contributed by atoms with E-state index in [1.54, 1.807) is 19.5 Å². The van der Waals surface area contributed by atoms with Crippen LogP contribution in [0.4, 0.5) is 13.2 Å². The lowest BCUT2D eigenvalue weighted by atomic mass is 10.1. The van der Waals surface area contributed by atoms with Crippen LogP contribution >= 0.6 is 0 Å². The van der Waals surface area contributed by atoms with Crippen LogP contribution in [0.15, 0.2) is 48.8 Å². The maximum atomic E-state index is 12.7. The van der Waals surface area contributed by atoms with Crippen molar-refractivity contribution in [2.24, 2.45) is 0 Å². The average molecular weight is 400 g/mol. The largest absolute Gasteiger partial charge is 0.481 e. The lowest BCUT2D eigenvalue weighted by Gasteiger charge is -2.28. The van der Waals surface area contributed by atoms with Crippen molar-refractivity contribution in [2.75, 3.05) is 13.7 Å². The van der Waals surface area contributed by atoms with Crippen molar-refractivity contribution in [3.05, 3.63) is 71.2 Å². The molecule has 0 spiro atoms. The van der Waals surface area contributed by atoms with Crippen molar-refractivity contribution in [1.82, 2.24) is 19.9 Å². The van der Waals surface area contributed by atoms with Gasteiger partial charge < -0.3 is 4.74 Å². The van der Waals surface area contributed by atoms with Gasteiger partial charge in [-0.1, -0.05) is 18.2 Å². The summed E-state index contributed by atoms with van der Waals surface area (Å²) in [5.74, 6) is 1.06. The van der Waals surface area contributed by atoms with Gasteiger partial charge in [0.25, 0.3) is 0 Å². The number of benzene rings is 1. The van der Waals surface area contributed by atoms with Gasteiger partial charge in [-0.05, 0) is 18.2 Å². The number of methoxy groups -OCH3 is 1. The van der Waals surface area contributed by atoms with Crippen molar-refractivity contribution >= 4 is 0 Å². The van der Waals surface area contributed by atoms with E-state index >= 15 is 0 Å². The van der Waals surface area contributed by atoms with Crippen molar-refractivity contribution < 1.29 is 17.9 Å². The van der Waals surface area contributed by atoms with E-state index in [1.807, 2.05) is 12.1 Å². The van der Waals surface area contributed by atoms with E-state index in [1.165, 1.54) is 12.1 Å². The van der Waals surface area contributed by atoms with E-state index in [-0.39, 0.29) is 0 Å². The molecule has 1 aromatic carbocycles. The summed E-state index contributed by atoms with van der Waals surface area (Å²) in [7, 11) is 1.61. The van der Waals surface area contributed by atoms with Crippen LogP contribution in [-0.2, 0) is 25.7 Å². The third-order valence-corrected chi connectivity index (χ3v) is 4.92. The molecule has 0 amide bonds. The first kappa shape index (κ1) is 19.3. The number of nitrogens with zero attached hydrogens (tertiary/aromatic N) is 4. The van der Waals surface area contributed by atoms with Crippen LogP contribution in [0.5, 0.6) is 5.88 Å². The van der Waals surface area contributed by atoms with Crippen LogP contribution in [0.3, 0.4) is 0 Å². The molecule has 4 rings (SSSR count). The van der Waals surface area contributed by atoms with E-state index in [2.05, 4.69) is 19.9 Å². The molecule has 0 N–H and O–H groups in total. The quantitative estimate of drug-likeness (QED) is 0.659. The number of hydrogen-bond donors (Lipinski definition) is 0. The fraction of sp³-hybridized carbons (Fsp3) is 0.286. The number of rotatable bonds is 4. The number of halogens is 3. The van der Waals surface area contributed by atoms with Gasteiger partial charge in [0, 0.05) is 55.1 Å². The number of alkyl halides is 3. The van der Waals surface area contributed by atoms with Gasteiger partial charge in [0.1, 0.15) is 0 Å². The molecule has 0 saturated carbocycles. The first-order valence-electron chi connectivity index (χ1n) is 9.16. The molecule has 8 heteroatoms. The number of ether oxygens (including phenoxy) is 1. The second-order valence-electron chi connectivity index (χ2n) is 6.87. The summed E-state index contributed by atoms with van der Waals surface area (Å²) in [6.07, 6.45) is -0.143. The molecule has 3 aromatic rings. The highest BCUT2D eigenvalue weighted by molar-refractivity contribution is 5.56. The minimum atomic E-state index is -4.35. The van der Waals surface area contributed by atoms with Crippen LogP contribution in [0.1, 0.15) is 22.4 Å². The van der Waals surface area contributed by atoms with Crippen LogP contribution in [0.25, 0.3) is 11.4 Å². The van der Waals surface area contributed by atoms with Crippen molar-refractivity contribution in [2.45, 2.75) is 25.7 Å². The highest BCUT2D eigenvalue weighted by Gasteiger charge is 2.30. The number of hydrogen-bond acceptors (Lipinski definition) is 5. The average Bonchev–Trinajstić information content (AvgIpc) is 2.73. The zero-order valence-electron chi connectivity index (χ0n) is 15.8. The van der Waals surface area contributed by atoms with Gasteiger partial charge in [-0.15, -0.1) is 0 Å². The van der Waals surface area contributed by atoms with Gasteiger partial charge >= 0.3 is 6.18 Å². The molecule has 2 aromatic heterocycles. The molecule has 0 saturated heterocycles. The predicted molar refractivity (Wildman–Crippen MR) is 101 cm³/mol. The minimum Gasteiger partial charge on any atom is -0.481 e. The van der Waals surface area contributed by atoms with Crippen molar-refractivity contribution in [1.29, 1.82) is 0 Å². The molecule has 3 heterocycles. The van der Waals surface area contributed by atoms with Gasteiger partial charge in [0.05, 0.1) is 18.4 Å². The topological polar surface area (TPSA) is 51.1 Å². The monoisotopic (exact) mass is 400 g/mol. The number of fused-ring (bicyclic) bond motifs is 1. The number of pyridine rings is 1. The molecule has 0 unspecified atom stereocenters. The third kappa shape index (κ3) is 4.22. The van der Waals surface area contributed by atoms with Crippen LogP contribution in [-0.4, -0.2) is 33.5 Å². The fourth-order valence-electron chi connectivity index (χ4n) is 3.43. The maximum Gasteiger partial charge on any atom is 0.416 e. The zero-order chi connectivity index (χ0) is 20.4. The molecule has 0 bridgehead atoms. The molecule has 150 valence electrons. The first-order valence-corrected chi connectivity index (χ1v) is 9.16. The summed E-state index contributed by atoms with van der Waals surface area (Å²) in [6, 6.07) is 8.81. The van der Waals surface area contributed by atoms with Gasteiger partial charge in [0.15, 0.2) is 5.82 Å². The summed E-state index contributed by atoms with van der Waals surface area (Å²) >= 11 is 0. The molecule has 0 fully saturated rings. The standard InChI is InChI=1S/C21H19F3N4O/c1-29-20-15(3-2-9-25-20)12-28-10-8-18-16(13-28)11-26-19(27-18)14-4-6-17(7-5-14)21(22,23)24/h2-7,9,11H,8,10,12-13H2,1H3. The van der Waals surface area contributed by atoms with Crippen LogP contribution in [0.2, 0.25) is 0 Å². The summed E-state index contributed by atoms with van der Waals surface area (Å²) in [6.45, 7) is 2.21. The molecule has 0 aliphatic carbocycles. The van der Waals surface area contributed by atoms with E-state index < -0.39 is 11.7 Å². The van der Waals surface area contributed by atoms with E-state index in [9.17, 15) is 13.2 Å². The molecular weight excluding hydrogens is 381 g/mol. The molecule has 1 aliphatic rings. The normalized spacial score (nSPS) is 14.5. The Kier molecular flexibility index (Phi) is 5.19. The Labute approximate surface area is 166 Å². The van der Waals surface area contributed by atoms with Crippen molar-refractivity contribution in [3.8, 4) is 17.3 Å². The summed E-state index contributed by atoms with van der Waals surface area (Å²) in [5, 5.41) is 0. The summed E-state index contributed by atoms with van der Waals surface area (Å²) in [5.41, 5.74) is 2.86. The minimum absolute atomic E-state index is 0.444. The second kappa shape index (κ2) is 7.79. The maximum absolute atomic E-state index is 12.7. The highest BCUT2D eigenvalue weighted by Crippen LogP contribution is 2.31. The Bertz CT molecular complexity index is 1010. The van der Waals surface area contributed by atoms with E-state index in [0.29, 0.717) is 30.4 Å². The molecule has 1 aliphatic heterocycles. The van der Waals surface area contributed by atoms with Gasteiger partial charge in [-0.25, -0.2) is 15.0 Å². The Morgan fingerprint density at radius 1 is 1.10 bits per heavy atom. The van der Waals surface area contributed by atoms with Crippen molar-refractivity contribution in [3.63, 3.8) is 0 Å². The lowest BCUT2D eigenvalue weighted by Crippen LogP contribution is -2.31. The Morgan fingerprint density at radius 2 is 1.90 bits per heavy atom.